The van der Waals surface area contributed by atoms with Crippen LogP contribution in [-0.4, -0.2) is 35.2 Å². The number of nitrogens with zero attached hydrogens (tertiary/aromatic N) is 1. The molecular formula is C8H15NO. The Hall–Kier alpha value is -0.0800. The molecule has 2 rings (SSSR count). The molecule has 0 spiro atoms. The Bertz CT molecular complexity index is 197. The van der Waals surface area contributed by atoms with Crippen LogP contribution in [0.5, 0.6) is 0 Å². The molecule has 58 valence electrons. The van der Waals surface area contributed by atoms with Gasteiger partial charge in [-0.05, 0) is 32.7 Å². The summed E-state index contributed by atoms with van der Waals surface area (Å²) in [5.74, 6) is 0. The second-order valence-corrected chi connectivity index (χ2v) is 3.37. The summed E-state index contributed by atoms with van der Waals surface area (Å²) in [6.45, 7) is 0. The van der Waals surface area contributed by atoms with Crippen molar-refractivity contribution < 1.29 is 7.85 Å². The first-order chi connectivity index (χ1) is 5.50. The third-order valence-electron chi connectivity index (χ3n) is 2.70. The molecule has 0 aromatic rings. The van der Waals surface area contributed by atoms with E-state index in [1.165, 1.54) is 0 Å². The van der Waals surface area contributed by atoms with E-state index in [4.69, 9.17) is 2.74 Å². The number of piperidine rings is 1. The fraction of sp³-hybridized carbons (Fsp3) is 1.00. The molecule has 0 amide bonds. The van der Waals surface area contributed by atoms with Gasteiger partial charge in [0.05, 0.1) is 6.10 Å². The van der Waals surface area contributed by atoms with Crippen molar-refractivity contribution in [1.82, 2.24) is 4.90 Å². The fourth-order valence-corrected chi connectivity index (χ4v) is 1.98. The van der Waals surface area contributed by atoms with Gasteiger partial charge in [0.1, 0.15) is 0 Å². The van der Waals surface area contributed by atoms with Crippen LogP contribution in [0, 0.1) is 0 Å². The van der Waals surface area contributed by atoms with Crippen LogP contribution in [0.3, 0.4) is 0 Å². The molecule has 2 aliphatic rings. The Morgan fingerprint density at radius 3 is 2.90 bits per heavy atom. The minimum Gasteiger partial charge on any atom is -0.393 e. The summed E-state index contributed by atoms with van der Waals surface area (Å²) < 4.78 is 15.5. The van der Waals surface area contributed by atoms with E-state index in [0.29, 0.717) is 12.8 Å². The molecule has 2 aliphatic heterocycles. The number of hydrogen-bond acceptors (Lipinski definition) is 2. The third-order valence-corrected chi connectivity index (χ3v) is 2.70. The maximum Gasteiger partial charge on any atom is 0.0570 e. The van der Waals surface area contributed by atoms with Gasteiger partial charge in [0.25, 0.3) is 0 Å². The Balaban J connectivity index is 2.22. The highest BCUT2D eigenvalue weighted by Crippen LogP contribution is 2.33. The summed E-state index contributed by atoms with van der Waals surface area (Å²) in [5.41, 5.74) is 0. The minimum absolute atomic E-state index is 0.0637. The van der Waals surface area contributed by atoms with Crippen molar-refractivity contribution in [2.24, 2.45) is 0 Å². The van der Waals surface area contributed by atoms with Crippen molar-refractivity contribution in [3.05, 3.63) is 0 Å². The molecule has 2 bridgehead atoms. The van der Waals surface area contributed by atoms with E-state index in [1.807, 2.05) is 7.05 Å². The van der Waals surface area contributed by atoms with E-state index < -0.39 is 6.37 Å². The van der Waals surface area contributed by atoms with E-state index in [2.05, 4.69) is 4.90 Å². The van der Waals surface area contributed by atoms with Crippen LogP contribution in [0.1, 0.15) is 28.4 Å². The van der Waals surface area contributed by atoms with E-state index in [1.54, 1.807) is 0 Å². The molecule has 0 aromatic carbocycles. The number of rotatable bonds is 0. The summed E-state index contributed by atoms with van der Waals surface area (Å²) in [4.78, 5) is 2.09. The summed E-state index contributed by atoms with van der Waals surface area (Å²) in [6.07, 6.45) is 0.558. The zero-order valence-corrected chi connectivity index (χ0v) is 6.25. The lowest BCUT2D eigenvalue weighted by atomic mass is 10.0. The molecule has 2 nitrogen and oxygen atoms in total. The Labute approximate surface area is 64.6 Å². The summed E-state index contributed by atoms with van der Waals surface area (Å²) in [7, 11) is 1.96. The van der Waals surface area contributed by atoms with Crippen molar-refractivity contribution in [2.45, 2.75) is 43.8 Å². The lowest BCUT2D eigenvalue weighted by molar-refractivity contribution is 0.0503. The molecule has 2 heterocycles. The molecule has 0 radical (unpaired) electrons. The largest absolute Gasteiger partial charge is 0.393 e. The van der Waals surface area contributed by atoms with Gasteiger partial charge < -0.3 is 10.0 Å². The molecule has 2 heteroatoms. The average Bonchev–Trinajstić information content (AvgIpc) is 2.12. The van der Waals surface area contributed by atoms with Crippen molar-refractivity contribution in [3.8, 4) is 0 Å². The monoisotopic (exact) mass is 143 g/mol. The van der Waals surface area contributed by atoms with Crippen molar-refractivity contribution in [2.75, 3.05) is 7.05 Å². The molecule has 0 saturated carbocycles. The number of aliphatic hydroxyl groups excluding tert-OH is 1. The number of aliphatic hydroxyl groups is 1. The van der Waals surface area contributed by atoms with Gasteiger partial charge in [-0.1, -0.05) is 0 Å². The molecule has 2 fully saturated rings. The maximum atomic E-state index is 9.45. The van der Waals surface area contributed by atoms with Crippen LogP contribution in [-0.2, 0) is 0 Å². The standard InChI is InChI=1S/C8H15NO/c1-9-6-2-3-7(9)5-8(10)4-6/h6-8,10H,2-5H2,1H3/t6-,7+,8+/i2D2/m0/s1. The highest BCUT2D eigenvalue weighted by molar-refractivity contribution is 4.93. The summed E-state index contributed by atoms with van der Waals surface area (Å²) in [6, 6.07) is 0.194. The van der Waals surface area contributed by atoms with E-state index in [9.17, 15) is 5.11 Å². The molecule has 2 saturated heterocycles. The van der Waals surface area contributed by atoms with Gasteiger partial charge in [0.2, 0.25) is 0 Å². The Morgan fingerprint density at radius 2 is 2.20 bits per heavy atom. The van der Waals surface area contributed by atoms with Crippen LogP contribution in [0.15, 0.2) is 0 Å². The van der Waals surface area contributed by atoms with E-state index >= 15 is 0 Å². The van der Waals surface area contributed by atoms with Crippen LogP contribution >= 0.6 is 0 Å². The number of fused-ring (bicyclic) bond motifs is 2. The quantitative estimate of drug-likeness (QED) is 0.537. The second-order valence-electron chi connectivity index (χ2n) is 3.37. The molecule has 0 aromatic heterocycles. The zero-order valence-electron chi connectivity index (χ0n) is 8.25. The summed E-state index contributed by atoms with van der Waals surface area (Å²) in [5, 5.41) is 9.45. The van der Waals surface area contributed by atoms with E-state index in [0.717, 1.165) is 6.42 Å². The highest BCUT2D eigenvalue weighted by Gasteiger charge is 2.37. The molecule has 0 aliphatic carbocycles. The van der Waals surface area contributed by atoms with Crippen LogP contribution in [0.2, 0.25) is 0 Å². The first-order valence-corrected chi connectivity index (χ1v) is 3.91. The molecule has 1 N–H and O–H groups in total. The predicted octanol–water partition coefficient (Wildman–Crippen LogP) is 0.604. The van der Waals surface area contributed by atoms with Crippen LogP contribution in [0.4, 0.5) is 0 Å². The Morgan fingerprint density at radius 1 is 1.50 bits per heavy atom. The predicted molar refractivity (Wildman–Crippen MR) is 39.8 cm³/mol. The molecule has 10 heavy (non-hydrogen) atoms. The lowest BCUT2D eigenvalue weighted by Gasteiger charge is -2.33. The van der Waals surface area contributed by atoms with Crippen LogP contribution < -0.4 is 0 Å². The second kappa shape index (κ2) is 2.21. The average molecular weight is 143 g/mol. The van der Waals surface area contributed by atoms with Gasteiger partial charge >= 0.3 is 0 Å². The van der Waals surface area contributed by atoms with Gasteiger partial charge in [0.15, 0.2) is 0 Å². The van der Waals surface area contributed by atoms with Gasteiger partial charge in [0, 0.05) is 14.8 Å². The summed E-state index contributed by atoms with van der Waals surface area (Å²) >= 11 is 0. The Kier molecular flexibility index (Phi) is 1.04. The topological polar surface area (TPSA) is 23.5 Å². The van der Waals surface area contributed by atoms with Gasteiger partial charge in [-0.2, -0.15) is 0 Å². The van der Waals surface area contributed by atoms with Gasteiger partial charge in [-0.3, -0.25) is 0 Å². The zero-order chi connectivity index (χ0) is 8.93. The number of hydrogen-bond donors (Lipinski definition) is 1. The van der Waals surface area contributed by atoms with Crippen molar-refractivity contribution in [1.29, 1.82) is 0 Å². The lowest BCUT2D eigenvalue weighted by Crippen LogP contribution is -2.41. The molecule has 3 atom stereocenters. The van der Waals surface area contributed by atoms with E-state index in [-0.39, 0.29) is 18.2 Å². The fourth-order valence-electron chi connectivity index (χ4n) is 1.98. The molecular weight excluding hydrogens is 126 g/mol. The third kappa shape index (κ3) is 0.867. The van der Waals surface area contributed by atoms with Crippen molar-refractivity contribution in [3.63, 3.8) is 0 Å². The van der Waals surface area contributed by atoms with Gasteiger partial charge in [-0.25, -0.2) is 0 Å². The first-order valence-electron chi connectivity index (χ1n) is 4.91. The molecule has 0 unspecified atom stereocenters. The first kappa shape index (κ1) is 4.73. The smallest absolute Gasteiger partial charge is 0.0570 e. The highest BCUT2D eigenvalue weighted by atomic mass is 16.3. The maximum absolute atomic E-state index is 9.45. The van der Waals surface area contributed by atoms with Crippen LogP contribution in [0.25, 0.3) is 0 Å². The SMILES string of the molecule is [2H]C1([2H])C[C@@H]2C[C@H](O)C[C@H]1N2C. The van der Waals surface area contributed by atoms with Gasteiger partial charge in [-0.15, -0.1) is 0 Å². The van der Waals surface area contributed by atoms with Crippen molar-refractivity contribution >= 4 is 0 Å². The minimum atomic E-state index is -1.09. The normalized spacial score (nSPS) is 56.0.